The van der Waals surface area contributed by atoms with Crippen LogP contribution in [0.4, 0.5) is 13.2 Å². The second kappa shape index (κ2) is 6.79. The SMILES string of the molecule is CC(C)CC1CNCCN1Cc1cccc(C(F)(F)F)c1. The molecule has 0 spiro atoms. The summed E-state index contributed by atoms with van der Waals surface area (Å²) < 4.78 is 38.3. The van der Waals surface area contributed by atoms with Crippen molar-refractivity contribution in [3.05, 3.63) is 35.4 Å². The van der Waals surface area contributed by atoms with Gasteiger partial charge in [0.2, 0.25) is 0 Å². The summed E-state index contributed by atoms with van der Waals surface area (Å²) >= 11 is 0. The summed E-state index contributed by atoms with van der Waals surface area (Å²) in [4.78, 5) is 2.30. The lowest BCUT2D eigenvalue weighted by Gasteiger charge is -2.37. The fraction of sp³-hybridized carbons (Fsp3) is 0.625. The van der Waals surface area contributed by atoms with Crippen molar-refractivity contribution in [3.8, 4) is 0 Å². The molecule has 1 atom stereocenters. The first-order valence-corrected chi connectivity index (χ1v) is 7.47. The van der Waals surface area contributed by atoms with Crippen LogP contribution in [0.1, 0.15) is 31.4 Å². The van der Waals surface area contributed by atoms with Gasteiger partial charge in [-0.1, -0.05) is 32.0 Å². The summed E-state index contributed by atoms with van der Waals surface area (Å²) in [5.74, 6) is 0.582. The zero-order valence-corrected chi connectivity index (χ0v) is 12.6. The molecule has 0 bridgehead atoms. The van der Waals surface area contributed by atoms with E-state index in [4.69, 9.17) is 0 Å². The molecule has 1 heterocycles. The van der Waals surface area contributed by atoms with E-state index in [0.29, 0.717) is 18.5 Å². The van der Waals surface area contributed by atoms with Crippen LogP contribution in [0.2, 0.25) is 0 Å². The van der Waals surface area contributed by atoms with E-state index in [9.17, 15) is 13.2 Å². The maximum atomic E-state index is 12.8. The molecule has 2 nitrogen and oxygen atoms in total. The molecule has 1 N–H and O–H groups in total. The molecule has 21 heavy (non-hydrogen) atoms. The minimum absolute atomic E-state index is 0.397. The third-order valence-electron chi connectivity index (χ3n) is 3.86. The first-order valence-electron chi connectivity index (χ1n) is 7.47. The quantitative estimate of drug-likeness (QED) is 0.915. The number of nitrogens with zero attached hydrogens (tertiary/aromatic N) is 1. The number of alkyl halides is 3. The van der Waals surface area contributed by atoms with Crippen LogP contribution in [0.5, 0.6) is 0 Å². The highest BCUT2D eigenvalue weighted by Crippen LogP contribution is 2.30. The molecule has 1 aromatic rings. The van der Waals surface area contributed by atoms with Crippen LogP contribution in [-0.4, -0.2) is 30.6 Å². The molecule has 1 aromatic carbocycles. The molecule has 1 saturated heterocycles. The van der Waals surface area contributed by atoms with Crippen LogP contribution in [-0.2, 0) is 12.7 Å². The molecule has 0 radical (unpaired) electrons. The van der Waals surface area contributed by atoms with Gasteiger partial charge in [0.25, 0.3) is 0 Å². The molecule has 0 amide bonds. The third kappa shape index (κ3) is 4.71. The van der Waals surface area contributed by atoms with Crippen molar-refractivity contribution in [2.45, 2.75) is 39.0 Å². The number of hydrogen-bond acceptors (Lipinski definition) is 2. The summed E-state index contributed by atoms with van der Waals surface area (Å²) in [6.45, 7) is 7.63. The molecule has 118 valence electrons. The monoisotopic (exact) mass is 300 g/mol. The number of nitrogens with one attached hydrogen (secondary N) is 1. The molecule has 1 fully saturated rings. The van der Waals surface area contributed by atoms with Gasteiger partial charge in [0.15, 0.2) is 0 Å². The Bertz CT molecular complexity index is 457. The first-order chi connectivity index (χ1) is 9.86. The van der Waals surface area contributed by atoms with E-state index in [1.165, 1.54) is 12.1 Å². The zero-order chi connectivity index (χ0) is 15.5. The molecule has 2 rings (SSSR count). The minimum Gasteiger partial charge on any atom is -0.314 e. The van der Waals surface area contributed by atoms with Gasteiger partial charge in [-0.15, -0.1) is 0 Å². The molecule has 0 aromatic heterocycles. The Hall–Kier alpha value is -1.07. The maximum absolute atomic E-state index is 12.8. The number of piperazine rings is 1. The van der Waals surface area contributed by atoms with Crippen molar-refractivity contribution in [1.82, 2.24) is 10.2 Å². The first kappa shape index (κ1) is 16.3. The average Bonchev–Trinajstić information content (AvgIpc) is 2.40. The van der Waals surface area contributed by atoms with E-state index < -0.39 is 11.7 Å². The summed E-state index contributed by atoms with van der Waals surface area (Å²) in [5, 5.41) is 3.37. The second-order valence-electron chi connectivity index (χ2n) is 6.16. The van der Waals surface area contributed by atoms with Gasteiger partial charge >= 0.3 is 6.18 Å². The molecule has 0 saturated carbocycles. The Morgan fingerprint density at radius 3 is 2.76 bits per heavy atom. The summed E-state index contributed by atoms with van der Waals surface area (Å²) in [6.07, 6.45) is -3.21. The van der Waals surface area contributed by atoms with Crippen LogP contribution in [0.15, 0.2) is 24.3 Å². The van der Waals surface area contributed by atoms with Crippen LogP contribution in [0.3, 0.4) is 0 Å². The lowest BCUT2D eigenvalue weighted by atomic mass is 10.00. The zero-order valence-electron chi connectivity index (χ0n) is 12.6. The number of hydrogen-bond donors (Lipinski definition) is 1. The lowest BCUT2D eigenvalue weighted by molar-refractivity contribution is -0.137. The smallest absolute Gasteiger partial charge is 0.314 e. The van der Waals surface area contributed by atoms with Gasteiger partial charge in [0.1, 0.15) is 0 Å². The largest absolute Gasteiger partial charge is 0.416 e. The minimum atomic E-state index is -4.27. The predicted molar refractivity (Wildman–Crippen MR) is 78.0 cm³/mol. The lowest BCUT2D eigenvalue weighted by Crippen LogP contribution is -2.51. The van der Waals surface area contributed by atoms with Crippen molar-refractivity contribution < 1.29 is 13.2 Å². The Labute approximate surface area is 124 Å². The number of halogens is 3. The Morgan fingerprint density at radius 1 is 1.33 bits per heavy atom. The molecular weight excluding hydrogens is 277 g/mol. The topological polar surface area (TPSA) is 15.3 Å². The second-order valence-corrected chi connectivity index (χ2v) is 6.16. The fourth-order valence-corrected chi connectivity index (χ4v) is 2.87. The number of benzene rings is 1. The van der Waals surface area contributed by atoms with Gasteiger partial charge in [0.05, 0.1) is 5.56 Å². The van der Waals surface area contributed by atoms with Gasteiger partial charge in [-0.05, 0) is 24.0 Å². The molecule has 1 aliphatic heterocycles. The van der Waals surface area contributed by atoms with E-state index in [0.717, 1.165) is 37.7 Å². The van der Waals surface area contributed by atoms with Crippen LogP contribution in [0.25, 0.3) is 0 Å². The maximum Gasteiger partial charge on any atom is 0.416 e. The molecule has 1 unspecified atom stereocenters. The highest BCUT2D eigenvalue weighted by Gasteiger charge is 2.31. The molecule has 5 heteroatoms. The van der Waals surface area contributed by atoms with Crippen LogP contribution >= 0.6 is 0 Å². The van der Waals surface area contributed by atoms with Gasteiger partial charge in [0, 0.05) is 32.2 Å². The summed E-state index contributed by atoms with van der Waals surface area (Å²) in [5.41, 5.74) is 0.177. The Kier molecular flexibility index (Phi) is 5.27. The van der Waals surface area contributed by atoms with E-state index in [-0.39, 0.29) is 0 Å². The van der Waals surface area contributed by atoms with Crippen LogP contribution in [0, 0.1) is 5.92 Å². The van der Waals surface area contributed by atoms with Crippen molar-refractivity contribution in [2.75, 3.05) is 19.6 Å². The Morgan fingerprint density at radius 2 is 2.10 bits per heavy atom. The predicted octanol–water partition coefficient (Wildman–Crippen LogP) is 3.53. The fourth-order valence-electron chi connectivity index (χ4n) is 2.87. The van der Waals surface area contributed by atoms with Crippen molar-refractivity contribution in [1.29, 1.82) is 0 Å². The molecule has 0 aliphatic carbocycles. The highest BCUT2D eigenvalue weighted by molar-refractivity contribution is 5.25. The standard InChI is InChI=1S/C16H23F3N2/c1-12(2)8-15-10-20-6-7-21(15)11-13-4-3-5-14(9-13)16(17,18)19/h3-5,9,12,15,20H,6-8,10-11H2,1-2H3. The van der Waals surface area contributed by atoms with E-state index in [1.807, 2.05) is 0 Å². The van der Waals surface area contributed by atoms with Crippen molar-refractivity contribution in [2.24, 2.45) is 5.92 Å². The van der Waals surface area contributed by atoms with Gasteiger partial charge in [-0.2, -0.15) is 13.2 Å². The molecule has 1 aliphatic rings. The van der Waals surface area contributed by atoms with Gasteiger partial charge < -0.3 is 5.32 Å². The molecular formula is C16H23F3N2. The van der Waals surface area contributed by atoms with E-state index in [2.05, 4.69) is 24.1 Å². The summed E-state index contributed by atoms with van der Waals surface area (Å²) in [6, 6.07) is 6.08. The van der Waals surface area contributed by atoms with Crippen molar-refractivity contribution >= 4 is 0 Å². The normalized spacial score (nSPS) is 21.0. The van der Waals surface area contributed by atoms with Gasteiger partial charge in [-0.25, -0.2) is 0 Å². The van der Waals surface area contributed by atoms with Gasteiger partial charge in [-0.3, -0.25) is 4.90 Å². The van der Waals surface area contributed by atoms with E-state index >= 15 is 0 Å². The average molecular weight is 300 g/mol. The number of rotatable bonds is 4. The highest BCUT2D eigenvalue weighted by atomic mass is 19.4. The van der Waals surface area contributed by atoms with Crippen LogP contribution < -0.4 is 5.32 Å². The Balaban J connectivity index is 2.08. The van der Waals surface area contributed by atoms with Crippen molar-refractivity contribution in [3.63, 3.8) is 0 Å². The summed E-state index contributed by atoms with van der Waals surface area (Å²) in [7, 11) is 0. The van der Waals surface area contributed by atoms with E-state index in [1.54, 1.807) is 6.07 Å². The third-order valence-corrected chi connectivity index (χ3v) is 3.86.